The highest BCUT2D eigenvalue weighted by Crippen LogP contribution is 2.29. The third kappa shape index (κ3) is 3.95. The molecule has 2 N–H and O–H groups in total. The summed E-state index contributed by atoms with van der Waals surface area (Å²) in [5, 5.41) is 9.42. The first-order valence-electron chi connectivity index (χ1n) is 7.43. The zero-order valence-electron chi connectivity index (χ0n) is 12.3. The molecule has 1 aliphatic rings. The molecule has 0 bridgehead atoms. The SMILES string of the molecule is NS(=O)(=O)CC1CCC(COc2ccc3nccn3n2)CC1. The molecule has 3 rings (SSSR count). The monoisotopic (exact) mass is 324 g/mol. The van der Waals surface area contributed by atoms with Crippen molar-refractivity contribution in [3.63, 3.8) is 0 Å². The van der Waals surface area contributed by atoms with Crippen molar-refractivity contribution >= 4 is 15.7 Å². The Morgan fingerprint density at radius 3 is 2.68 bits per heavy atom. The second-order valence-corrected chi connectivity index (χ2v) is 7.59. The maximum Gasteiger partial charge on any atom is 0.231 e. The zero-order valence-corrected chi connectivity index (χ0v) is 13.1. The zero-order chi connectivity index (χ0) is 15.6. The van der Waals surface area contributed by atoms with Gasteiger partial charge in [0.25, 0.3) is 0 Å². The Morgan fingerprint density at radius 1 is 1.23 bits per heavy atom. The first-order valence-corrected chi connectivity index (χ1v) is 9.15. The van der Waals surface area contributed by atoms with E-state index in [1.165, 1.54) is 0 Å². The summed E-state index contributed by atoms with van der Waals surface area (Å²) in [6.45, 7) is 0.606. The van der Waals surface area contributed by atoms with Gasteiger partial charge in [-0.25, -0.2) is 23.1 Å². The molecular weight excluding hydrogens is 304 g/mol. The van der Waals surface area contributed by atoms with Crippen molar-refractivity contribution in [1.29, 1.82) is 0 Å². The van der Waals surface area contributed by atoms with E-state index in [1.54, 1.807) is 16.9 Å². The van der Waals surface area contributed by atoms with Crippen molar-refractivity contribution in [2.75, 3.05) is 12.4 Å². The van der Waals surface area contributed by atoms with Gasteiger partial charge in [-0.15, -0.1) is 5.10 Å². The van der Waals surface area contributed by atoms with Crippen LogP contribution < -0.4 is 9.88 Å². The molecule has 0 unspecified atom stereocenters. The van der Waals surface area contributed by atoms with Crippen LogP contribution in [0.25, 0.3) is 5.65 Å². The minimum Gasteiger partial charge on any atom is -0.476 e. The molecule has 0 aliphatic heterocycles. The molecule has 0 amide bonds. The average molecular weight is 324 g/mol. The molecule has 2 heterocycles. The summed E-state index contributed by atoms with van der Waals surface area (Å²) >= 11 is 0. The van der Waals surface area contributed by atoms with Crippen molar-refractivity contribution in [1.82, 2.24) is 14.6 Å². The largest absolute Gasteiger partial charge is 0.476 e. The maximum absolute atomic E-state index is 11.1. The Hall–Kier alpha value is -1.67. The van der Waals surface area contributed by atoms with Crippen molar-refractivity contribution < 1.29 is 13.2 Å². The Morgan fingerprint density at radius 2 is 1.95 bits per heavy atom. The number of nitrogens with zero attached hydrogens (tertiary/aromatic N) is 3. The van der Waals surface area contributed by atoms with E-state index < -0.39 is 10.0 Å². The second kappa shape index (κ2) is 6.21. The third-order valence-electron chi connectivity index (χ3n) is 4.13. The van der Waals surface area contributed by atoms with Crippen molar-refractivity contribution in [2.45, 2.75) is 25.7 Å². The van der Waals surface area contributed by atoms with E-state index in [4.69, 9.17) is 9.88 Å². The van der Waals surface area contributed by atoms with E-state index in [0.29, 0.717) is 18.4 Å². The summed E-state index contributed by atoms with van der Waals surface area (Å²) in [4.78, 5) is 4.13. The van der Waals surface area contributed by atoms with Crippen LogP contribution in [0.15, 0.2) is 24.5 Å². The Bertz CT molecular complexity index is 735. The van der Waals surface area contributed by atoms with Gasteiger partial charge in [-0.2, -0.15) is 0 Å². The minimum atomic E-state index is -3.36. The van der Waals surface area contributed by atoms with Crippen LogP contribution in [0.2, 0.25) is 0 Å². The summed E-state index contributed by atoms with van der Waals surface area (Å²) in [5.41, 5.74) is 0.788. The van der Waals surface area contributed by atoms with Crippen LogP contribution in [0.4, 0.5) is 0 Å². The molecule has 1 fully saturated rings. The van der Waals surface area contributed by atoms with Gasteiger partial charge >= 0.3 is 0 Å². The van der Waals surface area contributed by atoms with Crippen LogP contribution >= 0.6 is 0 Å². The quantitative estimate of drug-likeness (QED) is 0.891. The van der Waals surface area contributed by atoms with Gasteiger partial charge in [0, 0.05) is 18.5 Å². The summed E-state index contributed by atoms with van der Waals surface area (Å²) in [6.07, 6.45) is 7.18. The second-order valence-electron chi connectivity index (χ2n) is 5.93. The topological polar surface area (TPSA) is 99.6 Å². The van der Waals surface area contributed by atoms with Crippen LogP contribution in [0, 0.1) is 11.8 Å². The molecule has 1 aliphatic carbocycles. The molecule has 0 spiro atoms. The highest BCUT2D eigenvalue weighted by molar-refractivity contribution is 7.89. The first-order chi connectivity index (χ1) is 10.5. The van der Waals surface area contributed by atoms with Crippen molar-refractivity contribution in [2.24, 2.45) is 17.0 Å². The molecule has 1 saturated carbocycles. The lowest BCUT2D eigenvalue weighted by molar-refractivity contribution is 0.182. The van der Waals surface area contributed by atoms with Gasteiger partial charge in [0.15, 0.2) is 5.65 Å². The number of fused-ring (bicyclic) bond motifs is 1. The predicted molar refractivity (Wildman–Crippen MR) is 81.9 cm³/mol. The molecule has 2 aromatic heterocycles. The molecule has 0 radical (unpaired) electrons. The molecule has 2 aromatic rings. The Labute approximate surface area is 129 Å². The lowest BCUT2D eigenvalue weighted by Gasteiger charge is -2.27. The van der Waals surface area contributed by atoms with Gasteiger partial charge < -0.3 is 4.74 Å². The van der Waals surface area contributed by atoms with E-state index in [9.17, 15) is 8.42 Å². The summed E-state index contributed by atoms with van der Waals surface area (Å²) in [5.74, 6) is 1.31. The van der Waals surface area contributed by atoms with Gasteiger partial charge in [0.1, 0.15) is 0 Å². The van der Waals surface area contributed by atoms with Crippen LogP contribution in [0.3, 0.4) is 0 Å². The molecule has 7 nitrogen and oxygen atoms in total. The fourth-order valence-electron chi connectivity index (χ4n) is 2.97. The molecule has 0 atom stereocenters. The summed E-state index contributed by atoms with van der Waals surface area (Å²) in [7, 11) is -3.36. The molecular formula is C14H20N4O3S. The number of ether oxygens (including phenoxy) is 1. The highest BCUT2D eigenvalue weighted by Gasteiger charge is 2.24. The highest BCUT2D eigenvalue weighted by atomic mass is 32.2. The lowest BCUT2D eigenvalue weighted by atomic mass is 9.83. The van der Waals surface area contributed by atoms with Gasteiger partial charge in [-0.1, -0.05) is 0 Å². The fourth-order valence-corrected chi connectivity index (χ4v) is 3.96. The first kappa shape index (κ1) is 15.2. The maximum atomic E-state index is 11.1. The molecule has 22 heavy (non-hydrogen) atoms. The molecule has 0 aromatic carbocycles. The van der Waals surface area contributed by atoms with Crippen molar-refractivity contribution in [3.8, 4) is 5.88 Å². The summed E-state index contributed by atoms with van der Waals surface area (Å²) in [6, 6.07) is 3.68. The van der Waals surface area contributed by atoms with Gasteiger partial charge in [-0.05, 0) is 43.6 Å². The van der Waals surface area contributed by atoms with Crippen LogP contribution in [-0.4, -0.2) is 35.4 Å². The molecule has 120 valence electrons. The number of hydrogen-bond donors (Lipinski definition) is 1. The third-order valence-corrected chi connectivity index (χ3v) is 5.07. The van der Waals surface area contributed by atoms with E-state index in [1.807, 2.05) is 12.1 Å². The van der Waals surface area contributed by atoms with E-state index >= 15 is 0 Å². The fraction of sp³-hybridized carbons (Fsp3) is 0.571. The van der Waals surface area contributed by atoms with Gasteiger partial charge in [-0.3, -0.25) is 0 Å². The van der Waals surface area contributed by atoms with Gasteiger partial charge in [0.05, 0.1) is 12.4 Å². The van der Waals surface area contributed by atoms with Crippen molar-refractivity contribution in [3.05, 3.63) is 24.5 Å². The van der Waals surface area contributed by atoms with E-state index in [0.717, 1.165) is 31.3 Å². The number of sulfonamides is 1. The Balaban J connectivity index is 1.48. The predicted octanol–water partition coefficient (Wildman–Crippen LogP) is 1.20. The van der Waals surface area contributed by atoms with E-state index in [2.05, 4.69) is 10.1 Å². The number of nitrogens with two attached hydrogens (primary N) is 1. The minimum absolute atomic E-state index is 0.0967. The number of imidazole rings is 1. The normalized spacial score (nSPS) is 22.8. The number of hydrogen-bond acceptors (Lipinski definition) is 5. The number of aromatic nitrogens is 3. The summed E-state index contributed by atoms with van der Waals surface area (Å²) < 4.78 is 29.7. The average Bonchev–Trinajstić information content (AvgIpc) is 2.92. The van der Waals surface area contributed by atoms with Crippen LogP contribution in [0.5, 0.6) is 5.88 Å². The number of rotatable bonds is 5. The smallest absolute Gasteiger partial charge is 0.231 e. The lowest BCUT2D eigenvalue weighted by Crippen LogP contribution is -2.28. The molecule has 0 saturated heterocycles. The van der Waals surface area contributed by atoms with Crippen LogP contribution in [0.1, 0.15) is 25.7 Å². The number of primary sulfonamides is 1. The Kier molecular flexibility index (Phi) is 4.30. The van der Waals surface area contributed by atoms with E-state index in [-0.39, 0.29) is 11.7 Å². The van der Waals surface area contributed by atoms with Crippen LogP contribution in [-0.2, 0) is 10.0 Å². The van der Waals surface area contributed by atoms with Gasteiger partial charge in [0.2, 0.25) is 15.9 Å². The standard InChI is InChI=1S/C14H20N4O3S/c15-22(19,20)10-12-3-1-11(2-4-12)9-21-14-6-5-13-16-7-8-18(13)17-14/h5-8,11-12H,1-4,9-10H2,(H2,15,19,20). The molecule has 8 heteroatoms.